The van der Waals surface area contributed by atoms with E-state index >= 15 is 0 Å². The molecule has 0 aromatic rings. The number of aliphatic hydroxyl groups excluding tert-OH is 2. The van der Waals surface area contributed by atoms with Gasteiger partial charge >= 0.3 is 0 Å². The highest BCUT2D eigenvalue weighted by atomic mass is 16.3. The Morgan fingerprint density at radius 2 is 2.00 bits per heavy atom. The standard InChI is InChI=1S/C12H24N2O2/c1-12(8-15,9-16)13-10-4-6-14-5-2-3-11(14)7-10/h10-11,13,15-16H,2-9H2,1H3. The van der Waals surface area contributed by atoms with E-state index in [4.69, 9.17) is 0 Å². The highest BCUT2D eigenvalue weighted by molar-refractivity contribution is 4.93. The Balaban J connectivity index is 1.87. The lowest BCUT2D eigenvalue weighted by Crippen LogP contribution is -2.57. The van der Waals surface area contributed by atoms with Crippen LogP contribution in [0.4, 0.5) is 0 Å². The van der Waals surface area contributed by atoms with Crippen LogP contribution in [-0.4, -0.2) is 59.0 Å². The molecule has 2 rings (SSSR count). The zero-order chi connectivity index (χ0) is 11.6. The van der Waals surface area contributed by atoms with Crippen LogP contribution in [0.2, 0.25) is 0 Å². The summed E-state index contributed by atoms with van der Waals surface area (Å²) in [5, 5.41) is 22.0. The smallest absolute Gasteiger partial charge is 0.0633 e. The number of fused-ring (bicyclic) bond motifs is 1. The van der Waals surface area contributed by atoms with Crippen molar-refractivity contribution in [1.82, 2.24) is 10.2 Å². The Labute approximate surface area is 97.6 Å². The molecule has 2 fully saturated rings. The van der Waals surface area contributed by atoms with Crippen LogP contribution in [0.5, 0.6) is 0 Å². The molecule has 3 N–H and O–H groups in total. The van der Waals surface area contributed by atoms with Gasteiger partial charge in [-0.25, -0.2) is 0 Å². The third-order valence-electron chi connectivity index (χ3n) is 4.07. The molecule has 2 aliphatic rings. The van der Waals surface area contributed by atoms with E-state index in [1.807, 2.05) is 6.92 Å². The van der Waals surface area contributed by atoms with Crippen molar-refractivity contribution in [2.24, 2.45) is 0 Å². The van der Waals surface area contributed by atoms with Crippen molar-refractivity contribution in [2.75, 3.05) is 26.3 Å². The minimum absolute atomic E-state index is 0.00557. The maximum Gasteiger partial charge on any atom is 0.0633 e. The summed E-state index contributed by atoms with van der Waals surface area (Å²) in [6.07, 6.45) is 4.93. The van der Waals surface area contributed by atoms with Gasteiger partial charge in [-0.15, -0.1) is 0 Å². The van der Waals surface area contributed by atoms with E-state index in [9.17, 15) is 10.2 Å². The summed E-state index contributed by atoms with van der Waals surface area (Å²) in [5.74, 6) is 0. The van der Waals surface area contributed by atoms with Crippen LogP contribution in [-0.2, 0) is 0 Å². The van der Waals surface area contributed by atoms with Gasteiger partial charge in [0.2, 0.25) is 0 Å². The maximum absolute atomic E-state index is 9.27. The predicted octanol–water partition coefficient (Wildman–Crippen LogP) is -0.0539. The van der Waals surface area contributed by atoms with E-state index in [-0.39, 0.29) is 13.2 Å². The normalized spacial score (nSPS) is 31.7. The van der Waals surface area contributed by atoms with Gasteiger partial charge in [-0.1, -0.05) is 0 Å². The predicted molar refractivity (Wildman–Crippen MR) is 63.3 cm³/mol. The molecule has 2 saturated heterocycles. The fourth-order valence-corrected chi connectivity index (χ4v) is 2.99. The van der Waals surface area contributed by atoms with Gasteiger partial charge in [-0.3, -0.25) is 0 Å². The van der Waals surface area contributed by atoms with Gasteiger partial charge in [0.15, 0.2) is 0 Å². The number of nitrogens with zero attached hydrogens (tertiary/aromatic N) is 1. The van der Waals surface area contributed by atoms with E-state index < -0.39 is 5.54 Å². The Kier molecular flexibility index (Phi) is 3.85. The monoisotopic (exact) mass is 228 g/mol. The molecule has 0 amide bonds. The van der Waals surface area contributed by atoms with E-state index in [1.54, 1.807) is 0 Å². The third-order valence-corrected chi connectivity index (χ3v) is 4.07. The summed E-state index contributed by atoms with van der Waals surface area (Å²) in [4.78, 5) is 2.58. The SMILES string of the molecule is CC(CO)(CO)NC1CCN2CCCC2C1. The number of hydrogen-bond donors (Lipinski definition) is 3. The Morgan fingerprint density at radius 3 is 2.69 bits per heavy atom. The van der Waals surface area contributed by atoms with Gasteiger partial charge in [0, 0.05) is 12.1 Å². The molecular formula is C12H24N2O2. The van der Waals surface area contributed by atoms with Crippen LogP contribution in [0, 0.1) is 0 Å². The first-order valence-corrected chi connectivity index (χ1v) is 6.40. The fourth-order valence-electron chi connectivity index (χ4n) is 2.99. The molecule has 4 heteroatoms. The van der Waals surface area contributed by atoms with Crippen LogP contribution < -0.4 is 5.32 Å². The number of hydrogen-bond acceptors (Lipinski definition) is 4. The molecule has 0 saturated carbocycles. The molecule has 2 atom stereocenters. The lowest BCUT2D eigenvalue weighted by molar-refractivity contribution is 0.0737. The van der Waals surface area contributed by atoms with Gasteiger partial charge in [-0.2, -0.15) is 0 Å². The van der Waals surface area contributed by atoms with Gasteiger partial charge in [0.25, 0.3) is 0 Å². The molecule has 0 radical (unpaired) electrons. The van der Waals surface area contributed by atoms with Crippen molar-refractivity contribution in [3.8, 4) is 0 Å². The number of nitrogens with one attached hydrogen (secondary N) is 1. The van der Waals surface area contributed by atoms with Crippen molar-refractivity contribution in [2.45, 2.75) is 50.2 Å². The van der Waals surface area contributed by atoms with Crippen molar-refractivity contribution < 1.29 is 10.2 Å². The average Bonchev–Trinajstić information content (AvgIpc) is 2.76. The third kappa shape index (κ3) is 2.56. The minimum atomic E-state index is -0.522. The van der Waals surface area contributed by atoms with Gasteiger partial charge in [0.1, 0.15) is 0 Å². The summed E-state index contributed by atoms with van der Waals surface area (Å²) in [6, 6.07) is 1.18. The quantitative estimate of drug-likeness (QED) is 0.631. The summed E-state index contributed by atoms with van der Waals surface area (Å²) < 4.78 is 0. The summed E-state index contributed by atoms with van der Waals surface area (Å²) >= 11 is 0. The first-order valence-electron chi connectivity index (χ1n) is 6.40. The van der Waals surface area contributed by atoms with E-state index in [2.05, 4.69) is 10.2 Å². The molecule has 4 nitrogen and oxygen atoms in total. The molecule has 2 heterocycles. The molecule has 0 aromatic carbocycles. The average molecular weight is 228 g/mol. The molecule has 94 valence electrons. The molecular weight excluding hydrogens is 204 g/mol. The molecule has 0 bridgehead atoms. The number of piperidine rings is 1. The van der Waals surface area contributed by atoms with E-state index in [1.165, 1.54) is 19.4 Å². The number of rotatable bonds is 4. The summed E-state index contributed by atoms with van der Waals surface area (Å²) in [5.41, 5.74) is -0.522. The second-order valence-electron chi connectivity index (χ2n) is 5.57. The topological polar surface area (TPSA) is 55.7 Å². The Bertz CT molecular complexity index is 231. The van der Waals surface area contributed by atoms with Gasteiger partial charge < -0.3 is 20.4 Å². The second-order valence-corrected chi connectivity index (χ2v) is 5.57. The van der Waals surface area contributed by atoms with Crippen LogP contribution in [0.15, 0.2) is 0 Å². The van der Waals surface area contributed by atoms with E-state index in [0.717, 1.165) is 25.4 Å². The zero-order valence-electron chi connectivity index (χ0n) is 10.2. The molecule has 0 spiro atoms. The fraction of sp³-hybridized carbons (Fsp3) is 1.00. The maximum atomic E-state index is 9.27. The van der Waals surface area contributed by atoms with E-state index in [0.29, 0.717) is 6.04 Å². The molecule has 2 aliphatic heterocycles. The first kappa shape index (κ1) is 12.3. The molecule has 0 aromatic heterocycles. The van der Waals surface area contributed by atoms with Crippen molar-refractivity contribution >= 4 is 0 Å². The van der Waals surface area contributed by atoms with Crippen LogP contribution in [0.3, 0.4) is 0 Å². The Hall–Kier alpha value is -0.160. The lowest BCUT2D eigenvalue weighted by atomic mass is 9.94. The van der Waals surface area contributed by atoms with Crippen molar-refractivity contribution in [1.29, 1.82) is 0 Å². The molecule has 2 unspecified atom stereocenters. The summed E-state index contributed by atoms with van der Waals surface area (Å²) in [7, 11) is 0. The zero-order valence-corrected chi connectivity index (χ0v) is 10.2. The van der Waals surface area contributed by atoms with Crippen LogP contribution >= 0.6 is 0 Å². The molecule has 16 heavy (non-hydrogen) atoms. The lowest BCUT2D eigenvalue weighted by Gasteiger charge is -2.39. The minimum Gasteiger partial charge on any atom is -0.394 e. The second kappa shape index (κ2) is 5.00. The molecule has 0 aliphatic carbocycles. The van der Waals surface area contributed by atoms with Crippen molar-refractivity contribution in [3.63, 3.8) is 0 Å². The highest BCUT2D eigenvalue weighted by Crippen LogP contribution is 2.27. The highest BCUT2D eigenvalue weighted by Gasteiger charge is 2.34. The van der Waals surface area contributed by atoms with Crippen LogP contribution in [0.1, 0.15) is 32.6 Å². The van der Waals surface area contributed by atoms with Gasteiger partial charge in [0.05, 0.1) is 18.8 Å². The van der Waals surface area contributed by atoms with Crippen LogP contribution in [0.25, 0.3) is 0 Å². The number of aliphatic hydroxyl groups is 2. The first-order chi connectivity index (χ1) is 7.67. The Morgan fingerprint density at radius 1 is 1.25 bits per heavy atom. The van der Waals surface area contributed by atoms with Gasteiger partial charge in [-0.05, 0) is 45.7 Å². The summed E-state index contributed by atoms with van der Waals surface area (Å²) in [6.45, 7) is 4.29. The largest absolute Gasteiger partial charge is 0.394 e. The van der Waals surface area contributed by atoms with Crippen molar-refractivity contribution in [3.05, 3.63) is 0 Å².